The van der Waals surface area contributed by atoms with Crippen molar-refractivity contribution in [2.45, 2.75) is 111 Å². The van der Waals surface area contributed by atoms with E-state index in [2.05, 4.69) is 14.7 Å². The van der Waals surface area contributed by atoms with E-state index in [9.17, 15) is 30.4 Å². The number of ether oxygens (including phenoxy) is 3. The monoisotopic (exact) mass is 918 g/mol. The summed E-state index contributed by atoms with van der Waals surface area (Å²) in [5, 5.41) is 0.930. The average Bonchev–Trinajstić information content (AvgIpc) is 3.14. The molecular weight excluding hydrogens is 866 g/mol. The quantitative estimate of drug-likeness (QED) is 0.104. The summed E-state index contributed by atoms with van der Waals surface area (Å²) in [4.78, 5) is 31.0. The summed E-state index contributed by atoms with van der Waals surface area (Å²) >= 11 is 0. The maximum absolute atomic E-state index is 14.2. The molecule has 0 radical (unpaired) electrons. The first kappa shape index (κ1) is 51.5. The predicted molar refractivity (Wildman–Crippen MR) is 235 cm³/mol. The van der Waals surface area contributed by atoms with Crippen LogP contribution in [0.2, 0.25) is 0 Å². The van der Waals surface area contributed by atoms with Gasteiger partial charge < -0.3 is 24.2 Å². The van der Waals surface area contributed by atoms with E-state index in [0.717, 1.165) is 16.0 Å². The van der Waals surface area contributed by atoms with Crippen molar-refractivity contribution < 1.29 is 74.2 Å². The van der Waals surface area contributed by atoms with Crippen LogP contribution in [-0.4, -0.2) is 79.6 Å². The molecule has 2 aromatic heterocycles. The third-order valence-electron chi connectivity index (χ3n) is 9.25. The second-order valence-corrected chi connectivity index (χ2v) is 20.5. The van der Waals surface area contributed by atoms with Crippen LogP contribution in [0.1, 0.15) is 110 Å². The Balaban J connectivity index is 0.00000871. The zero-order valence-electron chi connectivity index (χ0n) is 37.7. The van der Waals surface area contributed by atoms with Gasteiger partial charge in [-0.1, -0.05) is 52.0 Å². The molecule has 334 valence electrons. The second-order valence-electron chi connectivity index (χ2n) is 17.0. The Bertz CT molecular complexity index is 2570. The number of sulfonamides is 2. The second kappa shape index (κ2) is 20.3. The molecule has 63 heavy (non-hydrogen) atoms. The first-order chi connectivity index (χ1) is 28.7. The van der Waals surface area contributed by atoms with Crippen molar-refractivity contribution in [3.05, 3.63) is 98.9 Å². The number of rotatable bonds is 14. The zero-order valence-corrected chi connectivity index (χ0v) is 41.3. The maximum atomic E-state index is 14.2. The normalized spacial score (nSPS) is 17.0. The molecule has 0 aliphatic carbocycles. The van der Waals surface area contributed by atoms with Gasteiger partial charge in [-0.3, -0.25) is 9.52 Å². The molecule has 0 amide bonds. The zero-order chi connectivity index (χ0) is 45.9. The number of hydrogen-bond donors (Lipinski definition) is 0. The Morgan fingerprint density at radius 2 is 1.37 bits per heavy atom. The maximum Gasteiger partial charge on any atom is 1.00 e. The number of halogens is 2. The third-order valence-corrected chi connectivity index (χ3v) is 11.1. The summed E-state index contributed by atoms with van der Waals surface area (Å²) in [5.41, 5.74) is 2.16. The Kier molecular flexibility index (Phi) is 16.6. The van der Waals surface area contributed by atoms with E-state index < -0.39 is 61.2 Å². The molecule has 0 saturated carbocycles. The van der Waals surface area contributed by atoms with Crippen molar-refractivity contribution in [2.24, 2.45) is 0 Å². The smallest absolute Gasteiger partial charge is 0.460 e. The molecule has 2 atom stereocenters. The van der Waals surface area contributed by atoms with E-state index in [1.54, 1.807) is 54.5 Å². The Morgan fingerprint density at radius 3 is 1.87 bits per heavy atom. The van der Waals surface area contributed by atoms with Gasteiger partial charge in [-0.25, -0.2) is 39.9 Å². The molecule has 3 heterocycles. The van der Waals surface area contributed by atoms with Gasteiger partial charge in [0.15, 0.2) is 15.8 Å². The number of aromatic nitrogens is 4. The molecule has 1 aliphatic rings. The fraction of sp³-hybridized carbons (Fsp3) is 0.432. The number of benzene rings is 2. The van der Waals surface area contributed by atoms with Crippen molar-refractivity contribution in [2.75, 3.05) is 17.6 Å². The molecule has 0 N–H and O–H groups in total. The average molecular weight is 919 g/mol. The Morgan fingerprint density at radius 1 is 0.857 bits per heavy atom. The van der Waals surface area contributed by atoms with E-state index in [1.807, 2.05) is 19.9 Å². The van der Waals surface area contributed by atoms with Crippen molar-refractivity contribution >= 4 is 50.1 Å². The number of anilines is 1. The minimum absolute atomic E-state index is 0. The molecule has 1 fully saturated rings. The van der Waals surface area contributed by atoms with Gasteiger partial charge >= 0.3 is 35.5 Å². The van der Waals surface area contributed by atoms with Gasteiger partial charge in [0, 0.05) is 42.5 Å². The van der Waals surface area contributed by atoms with Gasteiger partial charge in [0.25, 0.3) is 10.0 Å². The van der Waals surface area contributed by atoms with Crippen molar-refractivity contribution in [3.63, 3.8) is 0 Å². The SMILES string of the molecule is CC(C)c1nc([N-]S(C)(=O)=O)nc(-c2ccc(F)cc2)c1/C=C/S(=O)(=O)N(C)c1nc(-c2ccc(F)cc2)c(/C=C/[C@@H]2C[C@H](CC(=O)OC(C)(C)C)OC(C)(C)O2)c(C(C)C)n1.[Na+]. The summed E-state index contributed by atoms with van der Waals surface area (Å²) in [5.74, 6) is -3.63. The van der Waals surface area contributed by atoms with Gasteiger partial charge in [0.2, 0.25) is 5.95 Å². The van der Waals surface area contributed by atoms with Crippen LogP contribution in [0, 0.1) is 11.6 Å². The van der Waals surface area contributed by atoms with Crippen LogP contribution in [0.5, 0.6) is 0 Å². The summed E-state index contributed by atoms with van der Waals surface area (Å²) < 4.78 is 103. The molecule has 0 bridgehead atoms. The van der Waals surface area contributed by atoms with Crippen molar-refractivity contribution in [1.82, 2.24) is 19.9 Å². The van der Waals surface area contributed by atoms with Gasteiger partial charge in [0.05, 0.1) is 35.4 Å². The fourth-order valence-electron chi connectivity index (χ4n) is 6.67. The van der Waals surface area contributed by atoms with Crippen LogP contribution in [0.4, 0.5) is 20.7 Å². The summed E-state index contributed by atoms with van der Waals surface area (Å²) in [6.07, 6.45) is 5.10. The minimum atomic E-state index is -4.39. The largest absolute Gasteiger partial charge is 1.00 e. The topological polar surface area (TPSA) is 182 Å². The molecule has 5 rings (SSSR count). The third kappa shape index (κ3) is 14.2. The molecule has 0 spiro atoms. The van der Waals surface area contributed by atoms with Crippen LogP contribution < -0.4 is 33.9 Å². The van der Waals surface area contributed by atoms with E-state index in [-0.39, 0.29) is 76.7 Å². The Hall–Kier alpha value is -4.17. The summed E-state index contributed by atoms with van der Waals surface area (Å²) in [6, 6.07) is 10.9. The fourth-order valence-corrected chi connectivity index (χ4v) is 7.85. The van der Waals surface area contributed by atoms with Gasteiger partial charge in [-0.2, -0.15) is 0 Å². The first-order valence-electron chi connectivity index (χ1n) is 19.9. The van der Waals surface area contributed by atoms with Crippen LogP contribution in [-0.2, 0) is 39.1 Å². The van der Waals surface area contributed by atoms with Gasteiger partial charge in [-0.15, -0.1) is 0 Å². The van der Waals surface area contributed by atoms with Crippen LogP contribution in [0.3, 0.4) is 0 Å². The standard InChI is InChI=1S/C44H53F2N6O8S2.Na/c1-26(2)37-35(39(28-12-16-30(45)17-13-28)48-41(47-37)51-61(11,54)55)22-23-62(56,57)52(10)42-49-38(27(3)4)34(40(50-42)29-14-18-31(46)19-15-29)21-20-32-24-33(59-44(8,9)58-32)25-36(53)60-43(5,6)7;/h12-23,26-27,32-33H,24-25H2,1-11H3;/q-1;+1/b21-20+,23-22+;/t32-,33-;/m1./s1. The molecule has 19 heteroatoms. The van der Waals surface area contributed by atoms with Crippen LogP contribution in [0.15, 0.2) is 60.0 Å². The van der Waals surface area contributed by atoms with Gasteiger partial charge in [0.1, 0.15) is 17.2 Å². The molecule has 1 saturated heterocycles. The number of carbonyl (C=O) groups excluding carboxylic acids is 1. The molecule has 0 unspecified atom stereocenters. The van der Waals surface area contributed by atoms with Crippen LogP contribution in [0.25, 0.3) is 39.4 Å². The summed E-state index contributed by atoms with van der Waals surface area (Å²) in [7, 11) is -7.02. The van der Waals surface area contributed by atoms with E-state index in [0.29, 0.717) is 34.5 Å². The number of nitrogens with zero attached hydrogens (tertiary/aromatic N) is 6. The first-order valence-corrected chi connectivity index (χ1v) is 23.3. The van der Waals surface area contributed by atoms with E-state index in [1.165, 1.54) is 61.7 Å². The number of hydrogen-bond acceptors (Lipinski definition) is 12. The molecule has 1 aliphatic heterocycles. The van der Waals surface area contributed by atoms with Crippen LogP contribution >= 0.6 is 0 Å². The summed E-state index contributed by atoms with van der Waals surface area (Å²) in [6.45, 7) is 16.2. The van der Waals surface area contributed by atoms with Crippen molar-refractivity contribution in [3.8, 4) is 22.5 Å². The number of carbonyl (C=O) groups is 1. The molecule has 4 aromatic rings. The molecule has 2 aromatic carbocycles. The Labute approximate surface area is 391 Å². The number of esters is 1. The molecular formula is C44H53F2N6NaO8S2. The van der Waals surface area contributed by atoms with Crippen molar-refractivity contribution in [1.29, 1.82) is 0 Å². The predicted octanol–water partition coefficient (Wildman–Crippen LogP) is 6.19. The van der Waals surface area contributed by atoms with E-state index in [4.69, 9.17) is 24.2 Å². The minimum Gasteiger partial charge on any atom is -0.460 e. The van der Waals surface area contributed by atoms with E-state index >= 15 is 0 Å². The molecule has 14 nitrogen and oxygen atoms in total. The van der Waals surface area contributed by atoms with Gasteiger partial charge in [-0.05, 0) is 106 Å².